The van der Waals surface area contributed by atoms with Crippen LogP contribution in [-0.4, -0.2) is 9.97 Å². The molecule has 0 aliphatic carbocycles. The van der Waals surface area contributed by atoms with Gasteiger partial charge in [0.15, 0.2) is 0 Å². The van der Waals surface area contributed by atoms with Crippen LogP contribution in [0, 0.1) is 0 Å². The van der Waals surface area contributed by atoms with E-state index in [0.29, 0.717) is 0 Å². The molecular formula is C22H18ClIrN2. The van der Waals surface area contributed by atoms with Crippen molar-refractivity contribution in [3.63, 3.8) is 0 Å². The summed E-state index contributed by atoms with van der Waals surface area (Å²) in [6.45, 7) is 0. The van der Waals surface area contributed by atoms with Gasteiger partial charge in [0.25, 0.3) is 0 Å². The first kappa shape index (κ1) is 20.0. The van der Waals surface area contributed by atoms with Gasteiger partial charge in [-0.05, 0) is 24.3 Å². The molecule has 0 amide bonds. The van der Waals surface area contributed by atoms with E-state index in [2.05, 4.69) is 43.8 Å². The Morgan fingerprint density at radius 1 is 0.462 bits per heavy atom. The number of rotatable bonds is 2. The quantitative estimate of drug-likeness (QED) is 0.305. The van der Waals surface area contributed by atoms with E-state index in [4.69, 9.17) is 0 Å². The normalized spacial score (nSPS) is 9.19. The summed E-state index contributed by atoms with van der Waals surface area (Å²) in [6, 6.07) is 32.2. The molecule has 0 radical (unpaired) electrons. The van der Waals surface area contributed by atoms with Crippen molar-refractivity contribution in [1.29, 1.82) is 0 Å². The Bertz CT molecular complexity index is 692. The number of hydrogen-bond donors (Lipinski definition) is 0. The van der Waals surface area contributed by atoms with Crippen LogP contribution < -0.4 is 0 Å². The molecule has 0 saturated carbocycles. The maximum Gasteiger partial charge on any atom is 0.0701 e. The fourth-order valence-corrected chi connectivity index (χ4v) is 2.28. The van der Waals surface area contributed by atoms with Crippen LogP contribution in [-0.2, 0) is 17.9 Å². The minimum Gasteiger partial charge on any atom is -0.256 e. The van der Waals surface area contributed by atoms with E-state index in [-0.39, 0.29) is 0 Å². The Hall–Kier alpha value is -2.32. The average Bonchev–Trinajstić information content (AvgIpc) is 2.78. The first-order chi connectivity index (χ1) is 12.9. The van der Waals surface area contributed by atoms with Crippen molar-refractivity contribution in [3.8, 4) is 22.5 Å². The Kier molecular flexibility index (Phi) is 9.31. The second-order valence-corrected chi connectivity index (χ2v) is 5.16. The average molecular weight is 538 g/mol. The summed E-state index contributed by atoms with van der Waals surface area (Å²) in [4.78, 5) is 8.50. The zero-order valence-electron chi connectivity index (χ0n) is 14.0. The molecule has 0 aliphatic heterocycles. The SMILES string of the molecule is [Cl][Ir].c1ccc(-c2ccccn2)cc1.c1ccc(-c2ccccn2)cc1. The zero-order chi connectivity index (χ0) is 18.5. The fraction of sp³-hybridized carbons (Fsp3) is 0. The third kappa shape index (κ3) is 6.53. The summed E-state index contributed by atoms with van der Waals surface area (Å²) in [5, 5.41) is 0. The first-order valence-corrected chi connectivity index (χ1v) is 11.0. The molecule has 0 bridgehead atoms. The van der Waals surface area contributed by atoms with Gasteiger partial charge in [-0.2, -0.15) is 0 Å². The van der Waals surface area contributed by atoms with Crippen LogP contribution >= 0.6 is 9.58 Å². The van der Waals surface area contributed by atoms with E-state index in [1.165, 1.54) is 17.9 Å². The van der Waals surface area contributed by atoms with Crippen molar-refractivity contribution >= 4 is 9.58 Å². The zero-order valence-corrected chi connectivity index (χ0v) is 17.1. The van der Waals surface area contributed by atoms with Crippen molar-refractivity contribution < 1.29 is 17.9 Å². The monoisotopic (exact) mass is 538 g/mol. The summed E-state index contributed by atoms with van der Waals surface area (Å²) in [7, 11) is 4.64. The molecule has 0 aliphatic rings. The fourth-order valence-electron chi connectivity index (χ4n) is 2.28. The number of halogens is 1. The molecule has 0 unspecified atom stereocenters. The van der Waals surface area contributed by atoms with E-state index in [1.807, 2.05) is 85.2 Å². The van der Waals surface area contributed by atoms with Crippen molar-refractivity contribution in [2.45, 2.75) is 0 Å². The summed E-state index contributed by atoms with van der Waals surface area (Å²) < 4.78 is 0. The van der Waals surface area contributed by atoms with Gasteiger partial charge >= 0.3 is 27.5 Å². The van der Waals surface area contributed by atoms with Crippen molar-refractivity contribution in [2.75, 3.05) is 0 Å². The predicted octanol–water partition coefficient (Wildman–Crippen LogP) is 6.18. The van der Waals surface area contributed by atoms with Crippen LogP contribution in [0.15, 0.2) is 109 Å². The number of pyridine rings is 2. The van der Waals surface area contributed by atoms with Gasteiger partial charge in [0.05, 0.1) is 11.4 Å². The molecule has 2 nitrogen and oxygen atoms in total. The van der Waals surface area contributed by atoms with E-state index < -0.39 is 0 Å². The molecule has 0 N–H and O–H groups in total. The van der Waals surface area contributed by atoms with Crippen molar-refractivity contribution in [2.24, 2.45) is 0 Å². The van der Waals surface area contributed by atoms with Gasteiger partial charge in [0.2, 0.25) is 0 Å². The van der Waals surface area contributed by atoms with E-state index >= 15 is 0 Å². The first-order valence-electron chi connectivity index (χ1n) is 7.99. The van der Waals surface area contributed by atoms with Crippen LogP contribution in [0.1, 0.15) is 0 Å². The third-order valence-corrected chi connectivity index (χ3v) is 3.47. The van der Waals surface area contributed by atoms with Crippen LogP contribution in [0.3, 0.4) is 0 Å². The van der Waals surface area contributed by atoms with Crippen LogP contribution in [0.4, 0.5) is 0 Å². The third-order valence-electron chi connectivity index (χ3n) is 3.47. The molecule has 0 fully saturated rings. The van der Waals surface area contributed by atoms with Crippen LogP contribution in [0.5, 0.6) is 0 Å². The Morgan fingerprint density at radius 2 is 0.808 bits per heavy atom. The number of aromatic nitrogens is 2. The molecule has 4 heteroatoms. The van der Waals surface area contributed by atoms with E-state index in [0.717, 1.165) is 22.5 Å². The standard InChI is InChI=1S/2C11H9N.ClH.Ir/c2*1-2-6-10(7-3-1)11-8-4-5-9-12-11;;/h2*1-9H;1H;/q;;;+1/p-1. The van der Waals surface area contributed by atoms with Crippen LogP contribution in [0.25, 0.3) is 22.5 Å². The molecule has 132 valence electrons. The van der Waals surface area contributed by atoms with Gasteiger partial charge < -0.3 is 0 Å². The van der Waals surface area contributed by atoms with E-state index in [1.54, 1.807) is 0 Å². The molecule has 0 spiro atoms. The Labute approximate surface area is 169 Å². The number of hydrogen-bond acceptors (Lipinski definition) is 2. The molecule has 4 aromatic rings. The molecule has 2 aromatic heterocycles. The second kappa shape index (κ2) is 12.1. The second-order valence-electron chi connectivity index (χ2n) is 5.16. The summed E-state index contributed by atoms with van der Waals surface area (Å²) in [6.07, 6.45) is 3.62. The number of benzene rings is 2. The van der Waals surface area contributed by atoms with Gasteiger partial charge in [-0.3, -0.25) is 9.97 Å². The predicted molar refractivity (Wildman–Crippen MR) is 105 cm³/mol. The van der Waals surface area contributed by atoms with Gasteiger partial charge in [0, 0.05) is 23.5 Å². The van der Waals surface area contributed by atoms with Gasteiger partial charge in [-0.15, -0.1) is 0 Å². The van der Waals surface area contributed by atoms with Gasteiger partial charge in [-0.1, -0.05) is 72.8 Å². The van der Waals surface area contributed by atoms with E-state index in [9.17, 15) is 0 Å². The topological polar surface area (TPSA) is 25.8 Å². The van der Waals surface area contributed by atoms with Gasteiger partial charge in [-0.25, -0.2) is 0 Å². The Morgan fingerprint density at radius 3 is 1.12 bits per heavy atom. The summed E-state index contributed by atoms with van der Waals surface area (Å²) >= 11 is 1.47. The summed E-state index contributed by atoms with van der Waals surface area (Å²) in [5.41, 5.74) is 4.38. The van der Waals surface area contributed by atoms with Crippen molar-refractivity contribution in [3.05, 3.63) is 109 Å². The Balaban J connectivity index is 0.000000171. The molecule has 0 saturated heterocycles. The molecule has 4 rings (SSSR count). The minimum absolute atomic E-state index is 1.03. The van der Waals surface area contributed by atoms with Crippen molar-refractivity contribution in [1.82, 2.24) is 9.97 Å². The molecule has 2 aromatic carbocycles. The molecule has 26 heavy (non-hydrogen) atoms. The molecule has 2 heterocycles. The molecular weight excluding hydrogens is 520 g/mol. The molecule has 0 atom stereocenters. The maximum absolute atomic E-state index is 4.64. The van der Waals surface area contributed by atoms with Gasteiger partial charge in [0.1, 0.15) is 0 Å². The largest absolute Gasteiger partial charge is 0.256 e. The maximum atomic E-state index is 4.64. The number of nitrogens with zero attached hydrogens (tertiary/aromatic N) is 2. The van der Waals surface area contributed by atoms with Crippen LogP contribution in [0.2, 0.25) is 0 Å². The minimum atomic E-state index is 1.03. The summed E-state index contributed by atoms with van der Waals surface area (Å²) in [5.74, 6) is 0. The smallest absolute Gasteiger partial charge is 0.0701 e.